The molecule has 0 atom stereocenters. The standard InChI is InChI=1S/C26H23BCl2N2O4/c1-4-20(32)23-22(31-25(33)26(2,3)34)18-12-17(13-5-8-15(28)9-6-13)21(30-24(18)35-23)16-10-7-14(27)11-19(16)29/h5-12,34H,4,27H2,1-3H3,(H,31,33). The van der Waals surface area contributed by atoms with Gasteiger partial charge in [0.15, 0.2) is 11.5 Å². The van der Waals surface area contributed by atoms with Gasteiger partial charge in [0.2, 0.25) is 5.71 Å². The Labute approximate surface area is 213 Å². The highest BCUT2D eigenvalue weighted by atomic mass is 35.5. The van der Waals surface area contributed by atoms with Crippen molar-refractivity contribution in [3.05, 3.63) is 64.3 Å². The molecule has 1 amide bonds. The summed E-state index contributed by atoms with van der Waals surface area (Å²) in [5.74, 6) is -1.01. The van der Waals surface area contributed by atoms with Gasteiger partial charge in [-0.2, -0.15) is 0 Å². The summed E-state index contributed by atoms with van der Waals surface area (Å²) in [6.45, 7) is 4.42. The van der Waals surface area contributed by atoms with Crippen LogP contribution in [0.1, 0.15) is 37.7 Å². The van der Waals surface area contributed by atoms with E-state index < -0.39 is 11.5 Å². The third-order valence-corrected chi connectivity index (χ3v) is 6.15. The fraction of sp³-hybridized carbons (Fsp3) is 0.192. The van der Waals surface area contributed by atoms with Crippen molar-refractivity contribution < 1.29 is 19.1 Å². The van der Waals surface area contributed by atoms with Crippen LogP contribution in [0.3, 0.4) is 0 Å². The van der Waals surface area contributed by atoms with Gasteiger partial charge in [-0.3, -0.25) is 9.59 Å². The van der Waals surface area contributed by atoms with Gasteiger partial charge in [0.1, 0.15) is 19.1 Å². The Morgan fingerprint density at radius 2 is 1.77 bits per heavy atom. The van der Waals surface area contributed by atoms with Crippen LogP contribution in [0.4, 0.5) is 5.69 Å². The molecule has 0 saturated heterocycles. The van der Waals surface area contributed by atoms with Crippen LogP contribution >= 0.6 is 23.2 Å². The second-order valence-corrected chi connectivity index (χ2v) is 9.67. The third kappa shape index (κ3) is 4.98. The van der Waals surface area contributed by atoms with Gasteiger partial charge in [-0.1, -0.05) is 59.9 Å². The van der Waals surface area contributed by atoms with Crippen LogP contribution in [0.25, 0.3) is 33.5 Å². The van der Waals surface area contributed by atoms with E-state index in [1.165, 1.54) is 13.8 Å². The van der Waals surface area contributed by atoms with Crippen molar-refractivity contribution in [3.63, 3.8) is 0 Å². The van der Waals surface area contributed by atoms with Crippen molar-refractivity contribution in [1.29, 1.82) is 0 Å². The van der Waals surface area contributed by atoms with Crippen LogP contribution in [0.2, 0.25) is 10.0 Å². The van der Waals surface area contributed by atoms with Gasteiger partial charge in [-0.15, -0.1) is 0 Å². The lowest BCUT2D eigenvalue weighted by Gasteiger charge is -2.17. The zero-order valence-electron chi connectivity index (χ0n) is 19.7. The lowest BCUT2D eigenvalue weighted by molar-refractivity contribution is -0.130. The molecule has 0 unspecified atom stereocenters. The van der Waals surface area contributed by atoms with Gasteiger partial charge in [0, 0.05) is 27.6 Å². The van der Waals surface area contributed by atoms with E-state index in [1.807, 2.05) is 38.2 Å². The summed E-state index contributed by atoms with van der Waals surface area (Å²) in [5.41, 5.74) is 2.41. The molecule has 0 saturated carbocycles. The van der Waals surface area contributed by atoms with Crippen molar-refractivity contribution in [1.82, 2.24) is 4.98 Å². The maximum absolute atomic E-state index is 12.7. The number of nitrogens with one attached hydrogen (secondary N) is 1. The fourth-order valence-corrected chi connectivity index (χ4v) is 4.09. The summed E-state index contributed by atoms with van der Waals surface area (Å²) in [6, 6.07) is 14.7. The van der Waals surface area contributed by atoms with Crippen molar-refractivity contribution in [2.45, 2.75) is 32.8 Å². The van der Waals surface area contributed by atoms with E-state index in [9.17, 15) is 14.7 Å². The largest absolute Gasteiger partial charge is 0.432 e. The minimum Gasteiger partial charge on any atom is -0.432 e. The summed E-state index contributed by atoms with van der Waals surface area (Å²) >= 11 is 12.7. The summed E-state index contributed by atoms with van der Waals surface area (Å²) in [6.07, 6.45) is 0.159. The molecule has 0 fully saturated rings. The number of nitrogens with zero attached hydrogens (tertiary/aromatic N) is 1. The zero-order chi connectivity index (χ0) is 25.5. The molecular formula is C26H23BCl2N2O4. The number of fused-ring (bicyclic) bond motifs is 1. The number of carbonyl (C=O) groups is 2. The molecule has 2 heterocycles. The number of hydrogen-bond donors (Lipinski definition) is 2. The molecule has 0 spiro atoms. The highest BCUT2D eigenvalue weighted by Gasteiger charge is 2.29. The van der Waals surface area contributed by atoms with Crippen molar-refractivity contribution in [2.24, 2.45) is 0 Å². The van der Waals surface area contributed by atoms with Crippen molar-refractivity contribution in [3.8, 4) is 22.4 Å². The summed E-state index contributed by atoms with van der Waals surface area (Å²) in [7, 11) is 1.94. The summed E-state index contributed by atoms with van der Waals surface area (Å²) in [5, 5.41) is 14.4. The van der Waals surface area contributed by atoms with Crippen LogP contribution in [-0.2, 0) is 4.79 Å². The fourth-order valence-electron chi connectivity index (χ4n) is 3.64. The monoisotopic (exact) mass is 508 g/mol. The summed E-state index contributed by atoms with van der Waals surface area (Å²) < 4.78 is 5.88. The van der Waals surface area contributed by atoms with E-state index >= 15 is 0 Å². The molecule has 0 radical (unpaired) electrons. The first-order valence-electron chi connectivity index (χ1n) is 11.1. The molecule has 2 N–H and O–H groups in total. The molecule has 0 aliphatic carbocycles. The third-order valence-electron chi connectivity index (χ3n) is 5.59. The number of halogens is 2. The van der Waals surface area contributed by atoms with E-state index in [0.29, 0.717) is 32.3 Å². The predicted octanol–water partition coefficient (Wildman–Crippen LogP) is 5.03. The normalized spacial score (nSPS) is 11.6. The minimum absolute atomic E-state index is 0.0261. The Morgan fingerprint density at radius 3 is 2.37 bits per heavy atom. The quantitative estimate of drug-likeness (QED) is 0.281. The number of benzene rings is 2. The van der Waals surface area contributed by atoms with Crippen LogP contribution in [0, 0.1) is 0 Å². The van der Waals surface area contributed by atoms with Crippen molar-refractivity contribution >= 4 is 65.0 Å². The number of anilines is 1. The molecular weight excluding hydrogens is 486 g/mol. The second-order valence-electron chi connectivity index (χ2n) is 8.82. The molecule has 9 heteroatoms. The minimum atomic E-state index is -1.67. The molecule has 0 bridgehead atoms. The highest BCUT2D eigenvalue weighted by Crippen LogP contribution is 2.40. The van der Waals surface area contributed by atoms with Crippen molar-refractivity contribution in [2.75, 3.05) is 5.32 Å². The molecule has 4 rings (SSSR count). The SMILES string of the molecule is Bc1ccc(-c2nc3oc(C(=O)CC)c(NC(=O)C(C)(C)O)c3cc2-c2ccc(Cl)cc2)c(Cl)c1. The van der Waals surface area contributed by atoms with Gasteiger partial charge in [-0.25, -0.2) is 4.98 Å². The Morgan fingerprint density at radius 1 is 1.09 bits per heavy atom. The van der Waals surface area contributed by atoms with Gasteiger partial charge >= 0.3 is 0 Å². The Hall–Kier alpha value is -3.13. The maximum Gasteiger partial charge on any atom is 0.255 e. The van der Waals surface area contributed by atoms with E-state index in [4.69, 9.17) is 32.6 Å². The first kappa shape index (κ1) is 25.0. The molecule has 178 valence electrons. The molecule has 35 heavy (non-hydrogen) atoms. The number of aliphatic hydroxyl groups is 1. The second kappa shape index (κ2) is 9.49. The average molecular weight is 509 g/mol. The number of aromatic nitrogens is 1. The smallest absolute Gasteiger partial charge is 0.255 e. The number of amides is 1. The maximum atomic E-state index is 12.7. The Bertz CT molecular complexity index is 1460. The Kier molecular flexibility index (Phi) is 6.78. The number of rotatable bonds is 6. The first-order chi connectivity index (χ1) is 16.5. The zero-order valence-corrected chi connectivity index (χ0v) is 21.2. The van der Waals surface area contributed by atoms with Gasteiger partial charge in [0.05, 0.1) is 11.1 Å². The van der Waals surface area contributed by atoms with Crippen LogP contribution < -0.4 is 10.8 Å². The van der Waals surface area contributed by atoms with Crippen LogP contribution in [-0.4, -0.2) is 35.2 Å². The van der Waals surface area contributed by atoms with Gasteiger partial charge in [-0.05, 0) is 43.7 Å². The lowest BCUT2D eigenvalue weighted by Crippen LogP contribution is -2.37. The van der Waals surface area contributed by atoms with E-state index in [-0.39, 0.29) is 29.4 Å². The van der Waals surface area contributed by atoms with E-state index in [0.717, 1.165) is 11.0 Å². The van der Waals surface area contributed by atoms with Crippen LogP contribution in [0.5, 0.6) is 0 Å². The van der Waals surface area contributed by atoms with Gasteiger partial charge < -0.3 is 14.8 Å². The number of pyridine rings is 1. The molecule has 0 aliphatic rings. The predicted molar refractivity (Wildman–Crippen MR) is 143 cm³/mol. The van der Waals surface area contributed by atoms with Gasteiger partial charge in [0.25, 0.3) is 5.91 Å². The number of furan rings is 1. The molecule has 0 aliphatic heterocycles. The molecule has 6 nitrogen and oxygen atoms in total. The number of carbonyl (C=O) groups excluding carboxylic acids is 2. The molecule has 2 aromatic carbocycles. The topological polar surface area (TPSA) is 92.4 Å². The summed E-state index contributed by atoms with van der Waals surface area (Å²) in [4.78, 5) is 30.1. The number of hydrogen-bond acceptors (Lipinski definition) is 5. The van der Waals surface area contributed by atoms with E-state index in [2.05, 4.69) is 5.32 Å². The van der Waals surface area contributed by atoms with Crippen LogP contribution in [0.15, 0.2) is 52.9 Å². The molecule has 2 aromatic heterocycles. The first-order valence-corrected chi connectivity index (χ1v) is 11.8. The lowest BCUT2D eigenvalue weighted by atomic mass is 9.92. The highest BCUT2D eigenvalue weighted by molar-refractivity contribution is 6.38. The number of ketones is 1. The average Bonchev–Trinajstić information content (AvgIpc) is 3.15. The van der Waals surface area contributed by atoms with E-state index in [1.54, 1.807) is 25.1 Å². The number of Topliss-reactive ketones (excluding diaryl/α,β-unsaturated/α-hetero) is 1. The molecule has 4 aromatic rings. The Balaban J connectivity index is 2.04.